The number of hydrogen-bond acceptors (Lipinski definition) is 3. The second-order valence-corrected chi connectivity index (χ2v) is 4.12. The molecule has 1 unspecified atom stereocenters. The summed E-state index contributed by atoms with van der Waals surface area (Å²) in [6.07, 6.45) is 2.99. The van der Waals surface area contributed by atoms with Crippen molar-refractivity contribution in [2.24, 2.45) is 5.41 Å². The summed E-state index contributed by atoms with van der Waals surface area (Å²) in [6, 6.07) is 0. The maximum absolute atomic E-state index is 11.6. The predicted octanol–water partition coefficient (Wildman–Crippen LogP) is 1.59. The van der Waals surface area contributed by atoms with Crippen LogP contribution in [0.3, 0.4) is 0 Å². The number of esters is 1. The van der Waals surface area contributed by atoms with Gasteiger partial charge in [-0.3, -0.25) is 9.59 Å². The van der Waals surface area contributed by atoms with E-state index >= 15 is 0 Å². The quantitative estimate of drug-likeness (QED) is 0.557. The van der Waals surface area contributed by atoms with Crippen LogP contribution in [0, 0.1) is 5.41 Å². The van der Waals surface area contributed by atoms with Gasteiger partial charge in [-0.25, -0.2) is 0 Å². The maximum Gasteiger partial charge on any atom is 0.304 e. The van der Waals surface area contributed by atoms with Gasteiger partial charge in [-0.1, -0.05) is 26.7 Å². The monoisotopic (exact) mass is 213 g/mol. The van der Waals surface area contributed by atoms with Gasteiger partial charge in [0.05, 0.1) is 0 Å². The Hall–Kier alpha value is -1.06. The molecule has 1 aliphatic heterocycles. The molecule has 0 bridgehead atoms. The van der Waals surface area contributed by atoms with Gasteiger partial charge in [-0.05, 0) is 12.8 Å². The molecule has 0 aliphatic carbocycles. The molecule has 0 aromatic rings. The van der Waals surface area contributed by atoms with Crippen LogP contribution in [-0.4, -0.2) is 18.1 Å². The number of carbonyl (C=O) groups is 2. The molecule has 0 aromatic heterocycles. The summed E-state index contributed by atoms with van der Waals surface area (Å²) in [6.45, 7) is 5.44. The normalized spacial score (nSPS) is 22.9. The van der Waals surface area contributed by atoms with Crippen LogP contribution in [0.4, 0.5) is 0 Å². The summed E-state index contributed by atoms with van der Waals surface area (Å²) in [4.78, 5) is 22.5. The van der Waals surface area contributed by atoms with Crippen LogP contribution in [0.1, 0.15) is 46.5 Å². The van der Waals surface area contributed by atoms with E-state index in [-0.39, 0.29) is 11.9 Å². The van der Waals surface area contributed by atoms with Crippen molar-refractivity contribution in [2.45, 2.75) is 52.7 Å². The van der Waals surface area contributed by atoms with Gasteiger partial charge in [-0.2, -0.15) is 0 Å². The van der Waals surface area contributed by atoms with Crippen molar-refractivity contribution in [2.75, 3.05) is 0 Å². The van der Waals surface area contributed by atoms with Gasteiger partial charge in [0, 0.05) is 6.92 Å². The fourth-order valence-electron chi connectivity index (χ4n) is 2.26. The molecule has 1 rings (SSSR count). The molecule has 86 valence electrons. The molecular formula is C11H19NO3. The Morgan fingerprint density at radius 1 is 1.40 bits per heavy atom. The molecule has 0 radical (unpaired) electrons. The number of rotatable bonds is 5. The van der Waals surface area contributed by atoms with Crippen molar-refractivity contribution in [1.82, 2.24) is 5.32 Å². The molecule has 0 saturated carbocycles. The first-order valence-electron chi connectivity index (χ1n) is 5.55. The van der Waals surface area contributed by atoms with Gasteiger partial charge in [-0.15, -0.1) is 0 Å². The summed E-state index contributed by atoms with van der Waals surface area (Å²) in [5.74, 6) is -0.311. The van der Waals surface area contributed by atoms with Gasteiger partial charge in [0.2, 0.25) is 5.91 Å². The second kappa shape index (κ2) is 4.64. The zero-order valence-corrected chi connectivity index (χ0v) is 9.63. The number of nitrogens with one attached hydrogen (secondary N) is 1. The van der Waals surface area contributed by atoms with Gasteiger partial charge in [0.1, 0.15) is 5.41 Å². The third kappa shape index (κ3) is 2.13. The van der Waals surface area contributed by atoms with Crippen LogP contribution in [0.25, 0.3) is 0 Å². The first kappa shape index (κ1) is 12.0. The van der Waals surface area contributed by atoms with Crippen LogP contribution in [0.15, 0.2) is 0 Å². The molecule has 1 aliphatic rings. The van der Waals surface area contributed by atoms with Crippen LogP contribution < -0.4 is 5.32 Å². The van der Waals surface area contributed by atoms with E-state index in [2.05, 4.69) is 5.32 Å². The number of amides is 1. The lowest BCUT2D eigenvalue weighted by molar-refractivity contribution is -0.184. The summed E-state index contributed by atoms with van der Waals surface area (Å²) in [5, 5.41) is 2.65. The highest BCUT2D eigenvalue weighted by Crippen LogP contribution is 2.41. The van der Waals surface area contributed by atoms with E-state index < -0.39 is 11.6 Å². The fraction of sp³-hybridized carbons (Fsp3) is 0.818. The minimum atomic E-state index is -0.463. The largest absolute Gasteiger partial charge is 0.441 e. The van der Waals surface area contributed by atoms with Crippen LogP contribution in [0.2, 0.25) is 0 Å². The summed E-state index contributed by atoms with van der Waals surface area (Å²) >= 11 is 0. The summed E-state index contributed by atoms with van der Waals surface area (Å²) in [5.41, 5.74) is -0.463. The minimum Gasteiger partial charge on any atom is -0.441 e. The summed E-state index contributed by atoms with van der Waals surface area (Å²) in [7, 11) is 0. The Labute approximate surface area is 90.4 Å². The number of hydrogen-bond donors (Lipinski definition) is 1. The second-order valence-electron chi connectivity index (χ2n) is 4.12. The average Bonchev–Trinajstić information content (AvgIpc) is 2.16. The smallest absolute Gasteiger partial charge is 0.304 e. The average molecular weight is 213 g/mol. The minimum absolute atomic E-state index is 0.0254. The third-order valence-corrected chi connectivity index (χ3v) is 2.89. The molecule has 4 heteroatoms. The molecule has 1 heterocycles. The summed E-state index contributed by atoms with van der Waals surface area (Å²) < 4.78 is 5.11. The highest BCUT2D eigenvalue weighted by atomic mass is 16.6. The molecule has 1 N–H and O–H groups in total. The Morgan fingerprint density at radius 3 is 2.27 bits per heavy atom. The SMILES string of the molecule is CCCC1(CCC)C(=O)NC1OC(C)=O. The molecule has 1 saturated heterocycles. The zero-order chi connectivity index (χ0) is 11.5. The lowest BCUT2D eigenvalue weighted by atomic mass is 9.71. The Kier molecular flexibility index (Phi) is 3.72. The molecule has 4 nitrogen and oxygen atoms in total. The van der Waals surface area contributed by atoms with Crippen LogP contribution in [-0.2, 0) is 14.3 Å². The van der Waals surface area contributed by atoms with Gasteiger partial charge in [0.25, 0.3) is 0 Å². The third-order valence-electron chi connectivity index (χ3n) is 2.89. The zero-order valence-electron chi connectivity index (χ0n) is 9.63. The molecule has 15 heavy (non-hydrogen) atoms. The van der Waals surface area contributed by atoms with Gasteiger partial charge >= 0.3 is 5.97 Å². The van der Waals surface area contributed by atoms with Crippen molar-refractivity contribution >= 4 is 11.9 Å². The van der Waals surface area contributed by atoms with Gasteiger partial charge < -0.3 is 10.1 Å². The molecule has 1 fully saturated rings. The highest BCUT2D eigenvalue weighted by molar-refractivity contribution is 5.90. The van der Waals surface area contributed by atoms with Crippen molar-refractivity contribution in [3.63, 3.8) is 0 Å². The fourth-order valence-corrected chi connectivity index (χ4v) is 2.26. The van der Waals surface area contributed by atoms with Crippen molar-refractivity contribution in [1.29, 1.82) is 0 Å². The van der Waals surface area contributed by atoms with Crippen molar-refractivity contribution < 1.29 is 14.3 Å². The van der Waals surface area contributed by atoms with E-state index in [4.69, 9.17) is 4.74 Å². The number of carbonyl (C=O) groups excluding carboxylic acids is 2. The highest BCUT2D eigenvalue weighted by Gasteiger charge is 2.55. The van der Waals surface area contributed by atoms with Crippen molar-refractivity contribution in [3.8, 4) is 0 Å². The molecule has 0 aromatic carbocycles. The lowest BCUT2D eigenvalue weighted by Crippen LogP contribution is -2.68. The Balaban J connectivity index is 2.72. The predicted molar refractivity (Wildman–Crippen MR) is 55.9 cm³/mol. The number of ether oxygens (including phenoxy) is 1. The van der Waals surface area contributed by atoms with E-state index in [0.717, 1.165) is 25.7 Å². The topological polar surface area (TPSA) is 55.4 Å². The first-order valence-corrected chi connectivity index (χ1v) is 5.55. The van der Waals surface area contributed by atoms with Crippen molar-refractivity contribution in [3.05, 3.63) is 0 Å². The molecular weight excluding hydrogens is 194 g/mol. The molecule has 1 amide bonds. The first-order chi connectivity index (χ1) is 7.06. The van der Waals surface area contributed by atoms with E-state index in [1.165, 1.54) is 6.92 Å². The molecule has 0 spiro atoms. The standard InChI is InChI=1S/C11H19NO3/c1-4-6-11(7-5-2)9(14)12-10(11)15-8(3)13/h10H,4-7H2,1-3H3,(H,12,14). The van der Waals surface area contributed by atoms with E-state index in [1.807, 2.05) is 13.8 Å². The lowest BCUT2D eigenvalue weighted by Gasteiger charge is -2.47. The Bertz CT molecular complexity index is 257. The molecule has 1 atom stereocenters. The van der Waals surface area contributed by atoms with Crippen LogP contribution in [0.5, 0.6) is 0 Å². The number of β-lactam (4-membered cyclic amide) rings is 1. The van der Waals surface area contributed by atoms with Gasteiger partial charge in [0.15, 0.2) is 6.23 Å². The van der Waals surface area contributed by atoms with E-state index in [0.29, 0.717) is 0 Å². The van der Waals surface area contributed by atoms with E-state index in [9.17, 15) is 9.59 Å². The van der Waals surface area contributed by atoms with E-state index in [1.54, 1.807) is 0 Å². The maximum atomic E-state index is 11.6. The Morgan fingerprint density at radius 2 is 1.93 bits per heavy atom. The van der Waals surface area contributed by atoms with Crippen LogP contribution >= 0.6 is 0 Å².